The first-order chi connectivity index (χ1) is 8.16. The van der Waals surface area contributed by atoms with Crippen LogP contribution in [0, 0.1) is 6.92 Å². The summed E-state index contributed by atoms with van der Waals surface area (Å²) in [7, 11) is 0. The van der Waals surface area contributed by atoms with Gasteiger partial charge in [-0.2, -0.15) is 0 Å². The van der Waals surface area contributed by atoms with Gasteiger partial charge in [-0.25, -0.2) is 4.98 Å². The van der Waals surface area contributed by atoms with Gasteiger partial charge in [0.05, 0.1) is 0 Å². The Labute approximate surface area is 103 Å². The molecule has 0 radical (unpaired) electrons. The zero-order chi connectivity index (χ0) is 12.3. The van der Waals surface area contributed by atoms with Crippen molar-refractivity contribution in [1.82, 2.24) is 9.55 Å². The van der Waals surface area contributed by atoms with Crippen LogP contribution in [0.2, 0.25) is 0 Å². The summed E-state index contributed by atoms with van der Waals surface area (Å²) in [6, 6.07) is 8.98. The molecule has 0 aliphatic rings. The maximum atomic E-state index is 4.32. The summed E-state index contributed by atoms with van der Waals surface area (Å²) in [6.07, 6.45) is 3.83. The Morgan fingerprint density at radius 1 is 1.24 bits per heavy atom. The van der Waals surface area contributed by atoms with Gasteiger partial charge in [-0.1, -0.05) is 29.8 Å². The van der Waals surface area contributed by atoms with E-state index in [4.69, 9.17) is 0 Å². The molecule has 0 saturated heterocycles. The molecule has 2 aromatic rings. The van der Waals surface area contributed by atoms with Gasteiger partial charge in [0.2, 0.25) is 5.95 Å². The van der Waals surface area contributed by atoms with E-state index in [0.29, 0.717) is 6.04 Å². The Hall–Kier alpha value is -1.77. The summed E-state index contributed by atoms with van der Waals surface area (Å²) in [5.74, 6) is 0.931. The molecule has 3 heteroatoms. The Balaban J connectivity index is 2.02. The van der Waals surface area contributed by atoms with E-state index in [1.54, 1.807) is 0 Å². The monoisotopic (exact) mass is 229 g/mol. The van der Waals surface area contributed by atoms with Crippen LogP contribution in [0.25, 0.3) is 0 Å². The van der Waals surface area contributed by atoms with Crippen LogP contribution in [0.5, 0.6) is 0 Å². The van der Waals surface area contributed by atoms with Crippen molar-refractivity contribution in [3.8, 4) is 0 Å². The third-order valence-electron chi connectivity index (χ3n) is 2.80. The number of rotatable bonds is 4. The third-order valence-corrected chi connectivity index (χ3v) is 2.80. The molecule has 0 amide bonds. The molecule has 90 valence electrons. The molecule has 3 nitrogen and oxygen atoms in total. The second-order valence-electron chi connectivity index (χ2n) is 4.59. The summed E-state index contributed by atoms with van der Waals surface area (Å²) < 4.78 is 2.13. The highest BCUT2D eigenvalue weighted by molar-refractivity contribution is 5.30. The number of aromatic nitrogens is 2. The van der Waals surface area contributed by atoms with Crippen LogP contribution < -0.4 is 5.32 Å². The molecular weight excluding hydrogens is 210 g/mol. The van der Waals surface area contributed by atoms with E-state index in [9.17, 15) is 0 Å². The summed E-state index contributed by atoms with van der Waals surface area (Å²) in [6.45, 7) is 7.21. The van der Waals surface area contributed by atoms with Crippen molar-refractivity contribution in [2.24, 2.45) is 0 Å². The van der Waals surface area contributed by atoms with Crippen molar-refractivity contribution in [1.29, 1.82) is 0 Å². The number of imidazole rings is 1. The van der Waals surface area contributed by atoms with Crippen molar-refractivity contribution >= 4 is 5.95 Å². The molecule has 0 atom stereocenters. The van der Waals surface area contributed by atoms with E-state index >= 15 is 0 Å². The zero-order valence-electron chi connectivity index (χ0n) is 10.6. The highest BCUT2D eigenvalue weighted by Gasteiger charge is 2.04. The Morgan fingerprint density at radius 2 is 1.94 bits per heavy atom. The van der Waals surface area contributed by atoms with Crippen LogP contribution in [-0.4, -0.2) is 9.55 Å². The summed E-state index contributed by atoms with van der Waals surface area (Å²) in [5, 5.41) is 3.36. The van der Waals surface area contributed by atoms with Crippen molar-refractivity contribution in [3.05, 3.63) is 47.8 Å². The van der Waals surface area contributed by atoms with Gasteiger partial charge in [-0.05, 0) is 26.3 Å². The standard InChI is InChI=1S/C14H19N3/c1-11(2)17-9-8-15-14(17)16-10-13-6-4-12(3)5-7-13/h4-9,11H,10H2,1-3H3,(H,15,16). The fraction of sp³-hybridized carbons (Fsp3) is 0.357. The van der Waals surface area contributed by atoms with Crippen LogP contribution in [0.1, 0.15) is 31.0 Å². The average molecular weight is 229 g/mol. The van der Waals surface area contributed by atoms with E-state index in [1.165, 1.54) is 11.1 Å². The number of nitrogens with zero attached hydrogens (tertiary/aromatic N) is 2. The van der Waals surface area contributed by atoms with Crippen LogP contribution in [0.3, 0.4) is 0 Å². The minimum atomic E-state index is 0.429. The van der Waals surface area contributed by atoms with Gasteiger partial charge in [0.1, 0.15) is 0 Å². The summed E-state index contributed by atoms with van der Waals surface area (Å²) >= 11 is 0. The average Bonchev–Trinajstić information content (AvgIpc) is 2.76. The quantitative estimate of drug-likeness (QED) is 0.871. The lowest BCUT2D eigenvalue weighted by atomic mass is 10.1. The fourth-order valence-electron chi connectivity index (χ4n) is 1.75. The molecule has 0 unspecified atom stereocenters. The Morgan fingerprint density at radius 3 is 2.59 bits per heavy atom. The van der Waals surface area contributed by atoms with Gasteiger partial charge in [0.15, 0.2) is 0 Å². The molecule has 0 bridgehead atoms. The lowest BCUT2D eigenvalue weighted by Crippen LogP contribution is -2.08. The van der Waals surface area contributed by atoms with Crippen molar-refractivity contribution in [3.63, 3.8) is 0 Å². The minimum Gasteiger partial charge on any atom is -0.352 e. The summed E-state index contributed by atoms with van der Waals surface area (Å²) in [4.78, 5) is 4.32. The maximum Gasteiger partial charge on any atom is 0.203 e. The first-order valence-electron chi connectivity index (χ1n) is 5.99. The van der Waals surface area contributed by atoms with Gasteiger partial charge < -0.3 is 9.88 Å². The first-order valence-corrected chi connectivity index (χ1v) is 5.99. The number of hydrogen-bond donors (Lipinski definition) is 1. The third kappa shape index (κ3) is 2.87. The molecule has 2 rings (SSSR count). The van der Waals surface area contributed by atoms with Gasteiger partial charge in [-0.3, -0.25) is 0 Å². The maximum absolute atomic E-state index is 4.32. The normalized spacial score (nSPS) is 10.8. The molecular formula is C14H19N3. The molecule has 17 heavy (non-hydrogen) atoms. The van der Waals surface area contributed by atoms with Gasteiger partial charge in [-0.15, -0.1) is 0 Å². The second-order valence-corrected chi connectivity index (χ2v) is 4.59. The molecule has 1 aromatic heterocycles. The van der Waals surface area contributed by atoms with E-state index < -0.39 is 0 Å². The Bertz CT molecular complexity index is 468. The van der Waals surface area contributed by atoms with Crippen molar-refractivity contribution < 1.29 is 0 Å². The number of benzene rings is 1. The zero-order valence-corrected chi connectivity index (χ0v) is 10.6. The SMILES string of the molecule is Cc1ccc(CNc2nccn2C(C)C)cc1. The second kappa shape index (κ2) is 5.04. The molecule has 1 N–H and O–H groups in total. The van der Waals surface area contributed by atoms with Crippen LogP contribution >= 0.6 is 0 Å². The van der Waals surface area contributed by atoms with Gasteiger partial charge in [0, 0.05) is 25.0 Å². The number of nitrogens with one attached hydrogen (secondary N) is 1. The highest BCUT2D eigenvalue weighted by atomic mass is 15.2. The van der Waals surface area contributed by atoms with Gasteiger partial charge >= 0.3 is 0 Å². The fourth-order valence-corrected chi connectivity index (χ4v) is 1.75. The molecule has 1 aromatic carbocycles. The van der Waals surface area contributed by atoms with Crippen molar-refractivity contribution in [2.75, 3.05) is 5.32 Å². The predicted molar refractivity (Wildman–Crippen MR) is 71.1 cm³/mol. The van der Waals surface area contributed by atoms with Crippen molar-refractivity contribution in [2.45, 2.75) is 33.4 Å². The molecule has 0 aliphatic carbocycles. The molecule has 0 saturated carbocycles. The van der Waals surface area contributed by atoms with Crippen LogP contribution in [0.4, 0.5) is 5.95 Å². The van der Waals surface area contributed by atoms with E-state index in [1.807, 2.05) is 12.4 Å². The smallest absolute Gasteiger partial charge is 0.203 e. The topological polar surface area (TPSA) is 29.9 Å². The Kier molecular flexibility index (Phi) is 3.47. The number of anilines is 1. The van der Waals surface area contributed by atoms with Crippen LogP contribution in [0.15, 0.2) is 36.7 Å². The minimum absolute atomic E-state index is 0.429. The van der Waals surface area contributed by atoms with E-state index in [0.717, 1.165) is 12.5 Å². The number of aryl methyl sites for hydroxylation is 1. The molecule has 0 aliphatic heterocycles. The van der Waals surface area contributed by atoms with Crippen LogP contribution in [-0.2, 0) is 6.54 Å². The van der Waals surface area contributed by atoms with E-state index in [2.05, 4.69) is 59.9 Å². The highest BCUT2D eigenvalue weighted by Crippen LogP contribution is 2.13. The van der Waals surface area contributed by atoms with Gasteiger partial charge in [0.25, 0.3) is 0 Å². The number of hydrogen-bond acceptors (Lipinski definition) is 2. The molecule has 0 spiro atoms. The predicted octanol–water partition coefficient (Wildman–Crippen LogP) is 3.38. The lowest BCUT2D eigenvalue weighted by Gasteiger charge is -2.12. The lowest BCUT2D eigenvalue weighted by molar-refractivity contribution is 0.604. The molecule has 1 heterocycles. The first kappa shape index (κ1) is 11.7. The summed E-state index contributed by atoms with van der Waals surface area (Å²) in [5.41, 5.74) is 2.56. The molecule has 0 fully saturated rings. The largest absolute Gasteiger partial charge is 0.352 e. The van der Waals surface area contributed by atoms with E-state index in [-0.39, 0.29) is 0 Å².